The van der Waals surface area contributed by atoms with Gasteiger partial charge in [-0.15, -0.1) is 0 Å². The summed E-state index contributed by atoms with van der Waals surface area (Å²) in [6.07, 6.45) is 4.24. The molecule has 2 rings (SSSR count). The van der Waals surface area contributed by atoms with Crippen molar-refractivity contribution in [2.75, 3.05) is 18.9 Å². The summed E-state index contributed by atoms with van der Waals surface area (Å²) in [5, 5.41) is 8.87. The molecule has 1 amide bonds. The number of nitrogen functional groups attached to an aromatic ring is 1. The van der Waals surface area contributed by atoms with Crippen LogP contribution >= 0.6 is 0 Å². The normalized spacial score (nSPS) is 18.8. The smallest absolute Gasteiger partial charge is 0.257 e. The van der Waals surface area contributed by atoms with Gasteiger partial charge in [-0.25, -0.2) is 9.37 Å². The second kappa shape index (κ2) is 5.97. The van der Waals surface area contributed by atoms with E-state index in [9.17, 15) is 9.18 Å². The molecule has 1 saturated heterocycles. The molecule has 1 atom stereocenters. The number of aliphatic hydroxyl groups excluding tert-OH is 1. The molecular formula is C13H18FN3O2. The Morgan fingerprint density at radius 2 is 2.42 bits per heavy atom. The highest BCUT2D eigenvalue weighted by Crippen LogP contribution is 2.25. The summed E-state index contributed by atoms with van der Waals surface area (Å²) in [5.41, 5.74) is 5.76. The first-order valence-corrected chi connectivity index (χ1v) is 6.46. The summed E-state index contributed by atoms with van der Waals surface area (Å²) >= 11 is 0. The average molecular weight is 267 g/mol. The molecule has 2 heterocycles. The van der Waals surface area contributed by atoms with E-state index in [4.69, 9.17) is 10.8 Å². The van der Waals surface area contributed by atoms with Gasteiger partial charge in [-0.3, -0.25) is 4.79 Å². The van der Waals surface area contributed by atoms with Crippen LogP contribution in [0.1, 0.15) is 36.0 Å². The van der Waals surface area contributed by atoms with Crippen molar-refractivity contribution >= 4 is 11.7 Å². The maximum atomic E-state index is 13.2. The third-order valence-corrected chi connectivity index (χ3v) is 3.45. The van der Waals surface area contributed by atoms with E-state index in [1.54, 1.807) is 4.90 Å². The molecule has 1 aliphatic rings. The number of nitrogens with two attached hydrogens (primary N) is 1. The van der Waals surface area contributed by atoms with Gasteiger partial charge in [0.1, 0.15) is 11.6 Å². The van der Waals surface area contributed by atoms with Gasteiger partial charge in [-0.2, -0.15) is 0 Å². The molecule has 0 radical (unpaired) electrons. The van der Waals surface area contributed by atoms with Crippen LogP contribution in [-0.4, -0.2) is 40.1 Å². The number of pyridine rings is 1. The topological polar surface area (TPSA) is 79.5 Å². The maximum absolute atomic E-state index is 13.2. The van der Waals surface area contributed by atoms with Crippen LogP contribution in [0.5, 0.6) is 0 Å². The number of carbonyl (C=O) groups excluding carboxylic acids is 1. The Morgan fingerprint density at radius 3 is 3.16 bits per heavy atom. The Balaban J connectivity index is 2.16. The number of hydrogen-bond donors (Lipinski definition) is 2. The zero-order chi connectivity index (χ0) is 13.8. The minimum atomic E-state index is -0.566. The van der Waals surface area contributed by atoms with Gasteiger partial charge in [0.15, 0.2) is 0 Å². The Kier molecular flexibility index (Phi) is 4.31. The monoisotopic (exact) mass is 267 g/mol. The lowest BCUT2D eigenvalue weighted by Crippen LogP contribution is -2.36. The zero-order valence-electron chi connectivity index (χ0n) is 10.7. The molecule has 1 aromatic heterocycles. The molecule has 1 aromatic rings. The Hall–Kier alpha value is -1.69. The number of likely N-dealkylation sites (tertiary alicyclic amines) is 1. The standard InChI is InChI=1S/C13H18FN3O2/c14-9-7-11(12(15)16-8-9)13(19)17-5-1-3-10(17)4-2-6-18/h7-8,10,18H,1-6H2,(H2,15,16). The van der Waals surface area contributed by atoms with Crippen molar-refractivity contribution in [2.45, 2.75) is 31.7 Å². The number of amides is 1. The molecule has 0 aromatic carbocycles. The highest BCUT2D eigenvalue weighted by Gasteiger charge is 2.30. The number of hydrogen-bond acceptors (Lipinski definition) is 4. The van der Waals surface area contributed by atoms with E-state index in [1.165, 1.54) is 0 Å². The predicted octanol–water partition coefficient (Wildman–Crippen LogP) is 1.18. The van der Waals surface area contributed by atoms with Crippen molar-refractivity contribution in [3.63, 3.8) is 0 Å². The number of aromatic nitrogens is 1. The number of anilines is 1. The molecule has 104 valence electrons. The minimum Gasteiger partial charge on any atom is -0.396 e. The summed E-state index contributed by atoms with van der Waals surface area (Å²) in [7, 11) is 0. The van der Waals surface area contributed by atoms with Gasteiger partial charge in [0.05, 0.1) is 11.8 Å². The number of nitrogens with zero attached hydrogens (tertiary/aromatic N) is 2. The van der Waals surface area contributed by atoms with E-state index in [0.29, 0.717) is 13.0 Å². The average Bonchev–Trinajstić information content (AvgIpc) is 2.86. The molecule has 19 heavy (non-hydrogen) atoms. The number of halogens is 1. The van der Waals surface area contributed by atoms with Crippen LogP contribution in [0.4, 0.5) is 10.2 Å². The van der Waals surface area contributed by atoms with E-state index >= 15 is 0 Å². The second-order valence-electron chi connectivity index (χ2n) is 4.75. The van der Waals surface area contributed by atoms with Gasteiger partial charge < -0.3 is 15.7 Å². The SMILES string of the molecule is Nc1ncc(F)cc1C(=O)N1CCCC1CCCO. The number of aliphatic hydroxyl groups is 1. The first kappa shape index (κ1) is 13.7. The van der Waals surface area contributed by atoms with Crippen LogP contribution in [0.3, 0.4) is 0 Å². The highest BCUT2D eigenvalue weighted by atomic mass is 19.1. The summed E-state index contributed by atoms with van der Waals surface area (Å²) < 4.78 is 13.2. The van der Waals surface area contributed by atoms with E-state index in [2.05, 4.69) is 4.98 Å². The summed E-state index contributed by atoms with van der Waals surface area (Å²) in [5.74, 6) is -0.784. The molecule has 3 N–H and O–H groups in total. The number of carbonyl (C=O) groups is 1. The van der Waals surface area contributed by atoms with Crippen molar-refractivity contribution in [3.8, 4) is 0 Å². The van der Waals surface area contributed by atoms with Crippen LogP contribution < -0.4 is 5.73 Å². The molecule has 0 saturated carbocycles. The van der Waals surface area contributed by atoms with Crippen LogP contribution in [0.2, 0.25) is 0 Å². The van der Waals surface area contributed by atoms with Crippen molar-refractivity contribution in [2.24, 2.45) is 0 Å². The van der Waals surface area contributed by atoms with E-state index < -0.39 is 5.82 Å². The highest BCUT2D eigenvalue weighted by molar-refractivity contribution is 5.98. The Labute approximate surface area is 111 Å². The third-order valence-electron chi connectivity index (χ3n) is 3.45. The molecular weight excluding hydrogens is 249 g/mol. The van der Waals surface area contributed by atoms with Gasteiger partial charge in [0, 0.05) is 19.2 Å². The maximum Gasteiger partial charge on any atom is 0.257 e. The van der Waals surface area contributed by atoms with Gasteiger partial charge in [0.2, 0.25) is 0 Å². The predicted molar refractivity (Wildman–Crippen MR) is 69.0 cm³/mol. The molecule has 0 spiro atoms. The summed E-state index contributed by atoms with van der Waals surface area (Å²) in [4.78, 5) is 17.8. The van der Waals surface area contributed by atoms with Gasteiger partial charge in [-0.05, 0) is 31.7 Å². The molecule has 1 unspecified atom stereocenters. The molecule has 6 heteroatoms. The molecule has 1 aliphatic heterocycles. The Morgan fingerprint density at radius 1 is 1.63 bits per heavy atom. The van der Waals surface area contributed by atoms with Crippen molar-refractivity contribution in [1.82, 2.24) is 9.88 Å². The van der Waals surface area contributed by atoms with Crippen LogP contribution in [-0.2, 0) is 0 Å². The minimum absolute atomic E-state index is 0.0548. The van der Waals surface area contributed by atoms with Crippen LogP contribution in [0.25, 0.3) is 0 Å². The van der Waals surface area contributed by atoms with Crippen molar-refractivity contribution < 1.29 is 14.3 Å². The molecule has 0 aliphatic carbocycles. The second-order valence-corrected chi connectivity index (χ2v) is 4.75. The quantitative estimate of drug-likeness (QED) is 0.858. The van der Waals surface area contributed by atoms with Gasteiger partial charge in [0.25, 0.3) is 5.91 Å². The van der Waals surface area contributed by atoms with E-state index in [1.807, 2.05) is 0 Å². The Bertz CT molecular complexity index is 467. The molecule has 1 fully saturated rings. The van der Waals surface area contributed by atoms with Gasteiger partial charge >= 0.3 is 0 Å². The van der Waals surface area contributed by atoms with Crippen LogP contribution in [0, 0.1) is 5.82 Å². The number of rotatable bonds is 4. The largest absolute Gasteiger partial charge is 0.396 e. The molecule has 0 bridgehead atoms. The van der Waals surface area contributed by atoms with E-state index in [0.717, 1.165) is 31.5 Å². The summed E-state index contributed by atoms with van der Waals surface area (Å²) in [6.45, 7) is 0.757. The fourth-order valence-corrected chi connectivity index (χ4v) is 2.51. The lowest BCUT2D eigenvalue weighted by Gasteiger charge is -2.25. The van der Waals surface area contributed by atoms with Crippen molar-refractivity contribution in [1.29, 1.82) is 0 Å². The zero-order valence-corrected chi connectivity index (χ0v) is 10.7. The van der Waals surface area contributed by atoms with Gasteiger partial charge in [-0.1, -0.05) is 0 Å². The fraction of sp³-hybridized carbons (Fsp3) is 0.538. The van der Waals surface area contributed by atoms with Crippen LogP contribution in [0.15, 0.2) is 12.3 Å². The van der Waals surface area contributed by atoms with Crippen molar-refractivity contribution in [3.05, 3.63) is 23.6 Å². The first-order valence-electron chi connectivity index (χ1n) is 6.46. The molecule has 5 nitrogen and oxygen atoms in total. The first-order chi connectivity index (χ1) is 9.13. The summed E-state index contributed by atoms with van der Waals surface area (Å²) in [6, 6.07) is 1.23. The fourth-order valence-electron chi connectivity index (χ4n) is 2.51. The van der Waals surface area contributed by atoms with E-state index in [-0.39, 0.29) is 29.9 Å². The third kappa shape index (κ3) is 3.01. The lowest BCUT2D eigenvalue weighted by molar-refractivity contribution is 0.0724. The lowest BCUT2D eigenvalue weighted by atomic mass is 10.1.